The summed E-state index contributed by atoms with van der Waals surface area (Å²) in [7, 11) is 3.07. The van der Waals surface area contributed by atoms with Gasteiger partial charge in [-0.15, -0.1) is 0 Å². The van der Waals surface area contributed by atoms with Crippen LogP contribution in [-0.2, 0) is 9.59 Å². The molecule has 0 fully saturated rings. The van der Waals surface area contributed by atoms with Gasteiger partial charge in [-0.25, -0.2) is 0 Å². The Kier molecular flexibility index (Phi) is 5.87. The van der Waals surface area contributed by atoms with E-state index in [4.69, 9.17) is 9.47 Å². The third kappa shape index (κ3) is 4.24. The normalized spacial score (nSPS) is 11.6. The fraction of sp³-hybridized carbons (Fsp3) is 0.182. The van der Waals surface area contributed by atoms with Crippen molar-refractivity contribution in [3.63, 3.8) is 0 Å². The standard InChI is InChI=1S/C22H22N2O5/c1-13(14-10-11-19(28-2)20(12-14)29-3)23-21(26)22(27)24-17-8-4-7-16-15(17)6-5-9-18(16)25/h4-13,25H,1-3H3,(H,23,26)(H,24,27). The number of phenols is 1. The predicted octanol–water partition coefficient (Wildman–Crippen LogP) is 3.38. The number of fused-ring (bicyclic) bond motifs is 1. The van der Waals surface area contributed by atoms with Crippen LogP contribution in [0.5, 0.6) is 17.2 Å². The van der Waals surface area contributed by atoms with Crippen LogP contribution < -0.4 is 20.1 Å². The van der Waals surface area contributed by atoms with Gasteiger partial charge in [-0.1, -0.05) is 30.3 Å². The number of carbonyl (C=O) groups excluding carboxylic acids is 2. The number of nitrogens with one attached hydrogen (secondary N) is 2. The largest absolute Gasteiger partial charge is 0.507 e. The molecule has 29 heavy (non-hydrogen) atoms. The van der Waals surface area contributed by atoms with E-state index in [1.807, 2.05) is 0 Å². The maximum atomic E-state index is 12.4. The summed E-state index contributed by atoms with van der Waals surface area (Å²) in [5.41, 5.74) is 1.20. The summed E-state index contributed by atoms with van der Waals surface area (Å²) < 4.78 is 10.5. The van der Waals surface area contributed by atoms with E-state index in [0.717, 1.165) is 5.56 Å². The van der Waals surface area contributed by atoms with Crippen LogP contribution >= 0.6 is 0 Å². The molecule has 150 valence electrons. The highest BCUT2D eigenvalue weighted by Crippen LogP contribution is 2.31. The summed E-state index contributed by atoms with van der Waals surface area (Å²) in [5, 5.41) is 16.5. The predicted molar refractivity (Wildman–Crippen MR) is 110 cm³/mol. The number of hydrogen-bond acceptors (Lipinski definition) is 5. The minimum atomic E-state index is -0.798. The van der Waals surface area contributed by atoms with Gasteiger partial charge in [0, 0.05) is 16.5 Å². The Labute approximate surface area is 168 Å². The Balaban J connectivity index is 1.73. The molecule has 3 aromatic rings. The number of methoxy groups -OCH3 is 2. The lowest BCUT2D eigenvalue weighted by molar-refractivity contribution is -0.136. The summed E-state index contributed by atoms with van der Waals surface area (Å²) in [6.45, 7) is 1.77. The first-order valence-corrected chi connectivity index (χ1v) is 8.99. The van der Waals surface area contributed by atoms with Crippen molar-refractivity contribution >= 4 is 28.3 Å². The summed E-state index contributed by atoms with van der Waals surface area (Å²) >= 11 is 0. The van der Waals surface area contributed by atoms with Crippen molar-refractivity contribution in [3.8, 4) is 17.2 Å². The van der Waals surface area contributed by atoms with E-state index in [0.29, 0.717) is 28.0 Å². The smallest absolute Gasteiger partial charge is 0.313 e. The van der Waals surface area contributed by atoms with Gasteiger partial charge in [0.1, 0.15) is 5.75 Å². The molecule has 0 bridgehead atoms. The molecule has 3 aromatic carbocycles. The number of aromatic hydroxyl groups is 1. The zero-order valence-electron chi connectivity index (χ0n) is 16.4. The van der Waals surface area contributed by atoms with Gasteiger partial charge in [0.2, 0.25) is 0 Å². The molecule has 0 heterocycles. The second-order valence-electron chi connectivity index (χ2n) is 6.44. The van der Waals surface area contributed by atoms with Crippen molar-refractivity contribution in [1.29, 1.82) is 0 Å². The van der Waals surface area contributed by atoms with Crippen LogP contribution in [0.4, 0.5) is 5.69 Å². The molecule has 7 heteroatoms. The lowest BCUT2D eigenvalue weighted by Gasteiger charge is -2.16. The molecular weight excluding hydrogens is 372 g/mol. The molecule has 0 aliphatic heterocycles. The van der Waals surface area contributed by atoms with Gasteiger partial charge in [-0.3, -0.25) is 9.59 Å². The number of ether oxygens (including phenoxy) is 2. The minimum absolute atomic E-state index is 0.102. The molecule has 7 nitrogen and oxygen atoms in total. The fourth-order valence-electron chi connectivity index (χ4n) is 3.05. The second-order valence-corrected chi connectivity index (χ2v) is 6.44. The van der Waals surface area contributed by atoms with E-state index in [9.17, 15) is 14.7 Å². The van der Waals surface area contributed by atoms with E-state index in [1.165, 1.54) is 7.11 Å². The highest BCUT2D eigenvalue weighted by molar-refractivity contribution is 6.40. The van der Waals surface area contributed by atoms with E-state index < -0.39 is 17.9 Å². The maximum Gasteiger partial charge on any atom is 0.313 e. The molecular formula is C22H22N2O5. The number of hydrogen-bond donors (Lipinski definition) is 3. The molecule has 3 rings (SSSR count). The maximum absolute atomic E-state index is 12.4. The average molecular weight is 394 g/mol. The SMILES string of the molecule is COc1ccc(C(C)NC(=O)C(=O)Nc2cccc3c(O)cccc23)cc1OC. The van der Waals surface area contributed by atoms with Crippen molar-refractivity contribution in [2.24, 2.45) is 0 Å². The first kappa shape index (κ1) is 20.0. The Hall–Kier alpha value is -3.74. The van der Waals surface area contributed by atoms with Crippen LogP contribution in [0.1, 0.15) is 18.5 Å². The molecule has 3 N–H and O–H groups in total. The lowest BCUT2D eigenvalue weighted by Crippen LogP contribution is -2.36. The number of phenolic OH excluding ortho intramolecular Hbond substituents is 1. The lowest BCUT2D eigenvalue weighted by atomic mass is 10.1. The van der Waals surface area contributed by atoms with Crippen LogP contribution in [0, 0.1) is 0 Å². The molecule has 2 amide bonds. The number of carbonyl (C=O) groups is 2. The molecule has 0 aromatic heterocycles. The van der Waals surface area contributed by atoms with Crippen molar-refractivity contribution in [3.05, 3.63) is 60.2 Å². The molecule has 0 aliphatic carbocycles. The summed E-state index contributed by atoms with van der Waals surface area (Å²) in [5.74, 6) is -0.361. The van der Waals surface area contributed by atoms with Crippen molar-refractivity contribution in [2.75, 3.05) is 19.5 Å². The van der Waals surface area contributed by atoms with E-state index in [1.54, 1.807) is 68.6 Å². The summed E-state index contributed by atoms with van der Waals surface area (Å²) in [6, 6.07) is 14.9. The monoisotopic (exact) mass is 394 g/mol. The average Bonchev–Trinajstić information content (AvgIpc) is 2.73. The van der Waals surface area contributed by atoms with Gasteiger partial charge < -0.3 is 25.2 Å². The van der Waals surface area contributed by atoms with Crippen LogP contribution in [0.25, 0.3) is 10.8 Å². The number of rotatable bonds is 5. The topological polar surface area (TPSA) is 96.9 Å². The van der Waals surface area contributed by atoms with Crippen LogP contribution in [-0.4, -0.2) is 31.1 Å². The van der Waals surface area contributed by atoms with Gasteiger partial charge in [-0.05, 0) is 36.8 Å². The second kappa shape index (κ2) is 8.52. The van der Waals surface area contributed by atoms with Gasteiger partial charge in [-0.2, -0.15) is 0 Å². The molecule has 0 saturated heterocycles. The Morgan fingerprint density at radius 1 is 0.897 bits per heavy atom. The number of anilines is 1. The molecule has 0 spiro atoms. The van der Waals surface area contributed by atoms with Crippen molar-refractivity contribution in [1.82, 2.24) is 5.32 Å². The zero-order valence-corrected chi connectivity index (χ0v) is 16.4. The number of benzene rings is 3. The highest BCUT2D eigenvalue weighted by atomic mass is 16.5. The van der Waals surface area contributed by atoms with Crippen LogP contribution in [0.15, 0.2) is 54.6 Å². The molecule has 0 saturated carbocycles. The Morgan fingerprint density at radius 2 is 1.59 bits per heavy atom. The summed E-state index contributed by atoms with van der Waals surface area (Å²) in [6.07, 6.45) is 0. The Bertz CT molecular complexity index is 1060. The third-order valence-corrected chi connectivity index (χ3v) is 4.61. The van der Waals surface area contributed by atoms with E-state index in [-0.39, 0.29) is 5.75 Å². The van der Waals surface area contributed by atoms with Crippen LogP contribution in [0.2, 0.25) is 0 Å². The van der Waals surface area contributed by atoms with Gasteiger partial charge >= 0.3 is 11.8 Å². The first-order valence-electron chi connectivity index (χ1n) is 8.99. The molecule has 1 unspecified atom stereocenters. The fourth-order valence-corrected chi connectivity index (χ4v) is 3.05. The molecule has 1 atom stereocenters. The Morgan fingerprint density at radius 3 is 2.31 bits per heavy atom. The van der Waals surface area contributed by atoms with E-state index >= 15 is 0 Å². The van der Waals surface area contributed by atoms with Crippen molar-refractivity contribution < 1.29 is 24.2 Å². The molecule has 0 aliphatic rings. The van der Waals surface area contributed by atoms with Gasteiger partial charge in [0.05, 0.1) is 20.3 Å². The van der Waals surface area contributed by atoms with Crippen molar-refractivity contribution in [2.45, 2.75) is 13.0 Å². The van der Waals surface area contributed by atoms with Crippen LogP contribution in [0.3, 0.4) is 0 Å². The minimum Gasteiger partial charge on any atom is -0.507 e. The third-order valence-electron chi connectivity index (χ3n) is 4.61. The highest BCUT2D eigenvalue weighted by Gasteiger charge is 2.19. The molecule has 0 radical (unpaired) electrons. The zero-order chi connectivity index (χ0) is 21.0. The first-order chi connectivity index (χ1) is 13.9. The van der Waals surface area contributed by atoms with E-state index in [2.05, 4.69) is 10.6 Å². The number of amides is 2. The summed E-state index contributed by atoms with van der Waals surface area (Å²) in [4.78, 5) is 24.8. The quantitative estimate of drug-likeness (QED) is 0.577. The van der Waals surface area contributed by atoms with Gasteiger partial charge in [0.15, 0.2) is 11.5 Å². The van der Waals surface area contributed by atoms with Gasteiger partial charge in [0.25, 0.3) is 0 Å².